The van der Waals surface area contributed by atoms with Gasteiger partial charge < -0.3 is 4.57 Å². The fourth-order valence-electron chi connectivity index (χ4n) is 2.24. The number of pyridine rings is 1. The molecular formula is C15H12Cl2N4. The zero-order valence-electron chi connectivity index (χ0n) is 11.5. The largest absolute Gasteiger partial charge is 0.317 e. The minimum absolute atomic E-state index is 0.364. The monoisotopic (exact) mass is 318 g/mol. The van der Waals surface area contributed by atoms with Gasteiger partial charge in [-0.1, -0.05) is 47.0 Å². The maximum atomic E-state index is 6.02. The summed E-state index contributed by atoms with van der Waals surface area (Å²) in [7, 11) is 1.91. The summed E-state index contributed by atoms with van der Waals surface area (Å²) in [6, 6.07) is 9.73. The van der Waals surface area contributed by atoms with Crippen molar-refractivity contribution >= 4 is 23.2 Å². The molecule has 0 aliphatic carbocycles. The Labute approximate surface area is 132 Å². The number of aryl methyl sites for hydroxylation is 2. The second-order valence-corrected chi connectivity index (χ2v) is 5.59. The van der Waals surface area contributed by atoms with Gasteiger partial charge in [-0.25, -0.2) is 4.98 Å². The average molecular weight is 319 g/mol. The van der Waals surface area contributed by atoms with Crippen LogP contribution in [0.4, 0.5) is 0 Å². The molecule has 0 unspecified atom stereocenters. The van der Waals surface area contributed by atoms with Gasteiger partial charge in [0, 0.05) is 12.6 Å². The summed E-state index contributed by atoms with van der Waals surface area (Å²) in [6.45, 7) is 2.04. The number of hydrogen-bond acceptors (Lipinski definition) is 3. The summed E-state index contributed by atoms with van der Waals surface area (Å²) in [6.07, 6.45) is 1.67. The fraction of sp³-hybridized carbons (Fsp3) is 0.133. The van der Waals surface area contributed by atoms with Crippen molar-refractivity contribution in [1.82, 2.24) is 19.7 Å². The van der Waals surface area contributed by atoms with Crippen LogP contribution in [0.2, 0.25) is 10.3 Å². The lowest BCUT2D eigenvalue weighted by Gasteiger charge is -2.11. The summed E-state index contributed by atoms with van der Waals surface area (Å²) in [5.74, 6) is 0.786. The number of aromatic nitrogens is 4. The molecule has 0 aliphatic heterocycles. The molecule has 2 heterocycles. The molecule has 4 nitrogen and oxygen atoms in total. The maximum Gasteiger partial charge on any atom is 0.164 e. The smallest absolute Gasteiger partial charge is 0.164 e. The first kappa shape index (κ1) is 14.0. The normalized spacial score (nSPS) is 10.9. The van der Waals surface area contributed by atoms with E-state index in [1.165, 1.54) is 0 Å². The van der Waals surface area contributed by atoms with Crippen molar-refractivity contribution in [2.75, 3.05) is 0 Å². The van der Waals surface area contributed by atoms with Crippen LogP contribution in [-0.2, 0) is 7.05 Å². The molecule has 0 saturated carbocycles. The highest BCUT2D eigenvalue weighted by atomic mass is 35.5. The molecule has 0 spiro atoms. The van der Waals surface area contributed by atoms with E-state index in [-0.39, 0.29) is 0 Å². The predicted molar refractivity (Wildman–Crippen MR) is 84.4 cm³/mol. The highest BCUT2D eigenvalue weighted by Crippen LogP contribution is 2.33. The Morgan fingerprint density at radius 1 is 1.00 bits per heavy atom. The minimum Gasteiger partial charge on any atom is -0.317 e. The van der Waals surface area contributed by atoms with E-state index in [9.17, 15) is 0 Å². The van der Waals surface area contributed by atoms with Crippen molar-refractivity contribution in [3.05, 3.63) is 52.5 Å². The molecule has 1 aromatic carbocycles. The molecule has 6 heteroatoms. The first-order chi connectivity index (χ1) is 10.0. The highest BCUT2D eigenvalue weighted by molar-refractivity contribution is 6.32. The Balaban J connectivity index is 2.26. The van der Waals surface area contributed by atoms with E-state index >= 15 is 0 Å². The second kappa shape index (κ2) is 5.47. The zero-order chi connectivity index (χ0) is 15.0. The van der Waals surface area contributed by atoms with Crippen molar-refractivity contribution in [3.63, 3.8) is 0 Å². The van der Waals surface area contributed by atoms with Gasteiger partial charge in [0.15, 0.2) is 5.82 Å². The van der Waals surface area contributed by atoms with Gasteiger partial charge in [0.05, 0.1) is 0 Å². The lowest BCUT2D eigenvalue weighted by Crippen LogP contribution is -1.95. The Hall–Kier alpha value is -1.91. The van der Waals surface area contributed by atoms with Gasteiger partial charge in [-0.15, -0.1) is 10.2 Å². The van der Waals surface area contributed by atoms with Crippen LogP contribution in [0.1, 0.15) is 5.56 Å². The van der Waals surface area contributed by atoms with Crippen LogP contribution >= 0.6 is 23.2 Å². The molecule has 3 aromatic rings. The first-order valence-corrected chi connectivity index (χ1v) is 7.08. The van der Waals surface area contributed by atoms with E-state index in [2.05, 4.69) is 21.2 Å². The van der Waals surface area contributed by atoms with Crippen LogP contribution in [0.5, 0.6) is 0 Å². The van der Waals surface area contributed by atoms with E-state index in [4.69, 9.17) is 23.2 Å². The number of halogens is 2. The van der Waals surface area contributed by atoms with E-state index in [1.807, 2.05) is 30.7 Å². The molecule has 2 aromatic heterocycles. The van der Waals surface area contributed by atoms with E-state index in [0.717, 1.165) is 28.1 Å². The van der Waals surface area contributed by atoms with Gasteiger partial charge in [-0.2, -0.15) is 0 Å². The molecule has 0 fully saturated rings. The summed E-state index contributed by atoms with van der Waals surface area (Å²) < 4.78 is 1.87. The number of benzene rings is 1. The van der Waals surface area contributed by atoms with Crippen molar-refractivity contribution in [3.8, 4) is 22.5 Å². The third kappa shape index (κ3) is 2.77. The van der Waals surface area contributed by atoms with Crippen molar-refractivity contribution in [1.29, 1.82) is 0 Å². The quantitative estimate of drug-likeness (QED) is 0.666. The molecule has 0 aliphatic rings. The summed E-state index contributed by atoms with van der Waals surface area (Å²) in [5, 5.41) is 8.84. The zero-order valence-corrected chi connectivity index (χ0v) is 13.0. The van der Waals surface area contributed by atoms with Crippen LogP contribution in [0.15, 0.2) is 36.7 Å². The first-order valence-electron chi connectivity index (χ1n) is 6.33. The van der Waals surface area contributed by atoms with Crippen LogP contribution < -0.4 is 0 Å². The summed E-state index contributed by atoms with van der Waals surface area (Å²) in [5.41, 5.74) is 4.01. The molecule has 106 valence electrons. The minimum atomic E-state index is 0.364. The molecule has 0 N–H and O–H groups in total. The number of rotatable bonds is 2. The maximum absolute atomic E-state index is 6.02. The molecule has 0 atom stereocenters. The van der Waals surface area contributed by atoms with Gasteiger partial charge in [0.2, 0.25) is 0 Å². The lowest BCUT2D eigenvalue weighted by molar-refractivity contribution is 0.920. The lowest BCUT2D eigenvalue weighted by atomic mass is 9.98. The number of nitrogens with zero attached hydrogens (tertiary/aromatic N) is 4. The average Bonchev–Trinajstić information content (AvgIpc) is 2.84. The molecule has 0 saturated heterocycles. The summed E-state index contributed by atoms with van der Waals surface area (Å²) >= 11 is 12.0. The summed E-state index contributed by atoms with van der Waals surface area (Å²) in [4.78, 5) is 3.99. The van der Waals surface area contributed by atoms with Crippen molar-refractivity contribution < 1.29 is 0 Å². The number of hydrogen-bond donors (Lipinski definition) is 0. The molecule has 21 heavy (non-hydrogen) atoms. The van der Waals surface area contributed by atoms with Gasteiger partial charge in [0.1, 0.15) is 16.6 Å². The Kier molecular flexibility index (Phi) is 3.66. The topological polar surface area (TPSA) is 43.6 Å². The van der Waals surface area contributed by atoms with E-state index in [0.29, 0.717) is 10.3 Å². The highest BCUT2D eigenvalue weighted by Gasteiger charge is 2.13. The molecule has 0 amide bonds. The Morgan fingerprint density at radius 3 is 2.33 bits per heavy atom. The van der Waals surface area contributed by atoms with E-state index in [1.54, 1.807) is 18.5 Å². The van der Waals surface area contributed by atoms with E-state index < -0.39 is 0 Å². The van der Waals surface area contributed by atoms with Crippen LogP contribution in [0.25, 0.3) is 22.5 Å². The fourth-order valence-corrected chi connectivity index (χ4v) is 2.70. The third-order valence-corrected chi connectivity index (χ3v) is 3.59. The second-order valence-electron chi connectivity index (χ2n) is 4.82. The Bertz CT molecular complexity index is 791. The Morgan fingerprint density at radius 2 is 1.71 bits per heavy atom. The molecular weight excluding hydrogens is 307 g/mol. The van der Waals surface area contributed by atoms with Crippen LogP contribution in [0.3, 0.4) is 0 Å². The third-order valence-electron chi connectivity index (χ3n) is 3.20. The van der Waals surface area contributed by atoms with Crippen molar-refractivity contribution in [2.24, 2.45) is 7.05 Å². The SMILES string of the molecule is Cc1ccc(-c2nncn2C)c(-c2cc(Cl)nc(Cl)c2)c1. The molecule has 0 bridgehead atoms. The van der Waals surface area contributed by atoms with Crippen molar-refractivity contribution in [2.45, 2.75) is 6.92 Å². The molecule has 0 radical (unpaired) electrons. The van der Waals surface area contributed by atoms with Gasteiger partial charge >= 0.3 is 0 Å². The van der Waals surface area contributed by atoms with Crippen LogP contribution in [0, 0.1) is 6.92 Å². The van der Waals surface area contributed by atoms with Gasteiger partial charge in [-0.3, -0.25) is 0 Å². The van der Waals surface area contributed by atoms with Crippen LogP contribution in [-0.4, -0.2) is 19.7 Å². The predicted octanol–water partition coefficient (Wildman–Crippen LogP) is 4.16. The van der Waals surface area contributed by atoms with Gasteiger partial charge in [-0.05, 0) is 30.2 Å². The standard InChI is InChI=1S/C15H12Cl2N4/c1-9-3-4-11(15-20-18-8-21(15)2)12(5-9)10-6-13(16)19-14(17)7-10/h3-8H,1-2H3. The van der Waals surface area contributed by atoms with Gasteiger partial charge in [0.25, 0.3) is 0 Å². The molecule has 3 rings (SSSR count).